The topological polar surface area (TPSA) is 76.0 Å². The molecule has 4 rings (SSSR count). The van der Waals surface area contributed by atoms with Gasteiger partial charge < -0.3 is 19.2 Å². The maximum Gasteiger partial charge on any atom is 0.270 e. The van der Waals surface area contributed by atoms with Gasteiger partial charge in [-0.2, -0.15) is 0 Å². The lowest BCUT2D eigenvalue weighted by atomic mass is 10.2. The van der Waals surface area contributed by atoms with Crippen molar-refractivity contribution >= 4 is 16.8 Å². The Hall–Kier alpha value is -2.74. The van der Waals surface area contributed by atoms with Crippen LogP contribution in [0.5, 0.6) is 0 Å². The Morgan fingerprint density at radius 2 is 2.33 bits per heavy atom. The molecule has 2 aromatic heterocycles. The number of hydrogen-bond donors (Lipinski definition) is 1. The first kappa shape index (κ1) is 14.8. The van der Waals surface area contributed by atoms with Gasteiger partial charge in [0.15, 0.2) is 5.82 Å². The molecule has 1 atom stereocenters. The summed E-state index contributed by atoms with van der Waals surface area (Å²) >= 11 is 0. The average molecular weight is 329 g/mol. The number of amides is 1. The van der Waals surface area contributed by atoms with Crippen LogP contribution in [0.25, 0.3) is 10.9 Å². The summed E-state index contributed by atoms with van der Waals surface area (Å²) in [5, 5.41) is 8.31. The fraction of sp³-hybridized carbons (Fsp3) is 0.312. The number of halogens is 1. The standard InChI is InChI=1S/C16H16FN5O2/c1-21-9-18-20-15(21)14-8-22(5-6-24-14)16(23)13-7-10-11(17)3-2-4-12(10)19-13/h2-4,7,9,14,19H,5-6,8H2,1H3/t14-/m1/s1. The zero-order valence-corrected chi connectivity index (χ0v) is 13.1. The molecule has 1 aliphatic rings. The Kier molecular flexibility index (Phi) is 3.53. The van der Waals surface area contributed by atoms with Crippen LogP contribution in [0.4, 0.5) is 4.39 Å². The third-order valence-electron chi connectivity index (χ3n) is 4.23. The van der Waals surface area contributed by atoms with Crippen molar-refractivity contribution < 1.29 is 13.9 Å². The number of nitrogens with zero attached hydrogens (tertiary/aromatic N) is 4. The molecule has 3 aromatic rings. The van der Waals surface area contributed by atoms with E-state index in [9.17, 15) is 9.18 Å². The smallest absolute Gasteiger partial charge is 0.270 e. The van der Waals surface area contributed by atoms with Gasteiger partial charge in [-0.1, -0.05) is 6.07 Å². The SMILES string of the molecule is Cn1cnnc1[C@H]1CN(C(=O)c2cc3c(F)cccc3[nH]2)CCO1. The third-order valence-corrected chi connectivity index (χ3v) is 4.23. The number of morpholine rings is 1. The van der Waals surface area contributed by atoms with Crippen LogP contribution in [-0.2, 0) is 11.8 Å². The molecule has 1 saturated heterocycles. The van der Waals surface area contributed by atoms with Gasteiger partial charge in [-0.05, 0) is 18.2 Å². The van der Waals surface area contributed by atoms with Crippen LogP contribution in [0.2, 0.25) is 0 Å². The summed E-state index contributed by atoms with van der Waals surface area (Å²) in [7, 11) is 1.83. The van der Waals surface area contributed by atoms with Crippen LogP contribution < -0.4 is 0 Å². The fourth-order valence-corrected chi connectivity index (χ4v) is 2.98. The van der Waals surface area contributed by atoms with Gasteiger partial charge in [-0.15, -0.1) is 10.2 Å². The van der Waals surface area contributed by atoms with Crippen molar-refractivity contribution in [1.82, 2.24) is 24.6 Å². The highest BCUT2D eigenvalue weighted by molar-refractivity contribution is 5.98. The summed E-state index contributed by atoms with van der Waals surface area (Å²) in [5.74, 6) is 0.151. The normalized spacial score (nSPS) is 18.2. The second kappa shape index (κ2) is 5.72. The molecule has 1 fully saturated rings. The van der Waals surface area contributed by atoms with E-state index in [0.29, 0.717) is 42.1 Å². The van der Waals surface area contributed by atoms with E-state index in [2.05, 4.69) is 15.2 Å². The Morgan fingerprint density at radius 1 is 1.46 bits per heavy atom. The van der Waals surface area contributed by atoms with Gasteiger partial charge in [0.2, 0.25) is 0 Å². The Labute approximate surface area is 137 Å². The number of aromatic amines is 1. The molecule has 1 amide bonds. The minimum Gasteiger partial charge on any atom is -0.366 e. The Bertz CT molecular complexity index is 903. The van der Waals surface area contributed by atoms with E-state index in [1.165, 1.54) is 6.07 Å². The molecule has 0 radical (unpaired) electrons. The van der Waals surface area contributed by atoms with E-state index in [1.807, 2.05) is 7.05 Å². The first-order valence-corrected chi connectivity index (χ1v) is 7.65. The van der Waals surface area contributed by atoms with Crippen LogP contribution in [0.3, 0.4) is 0 Å². The van der Waals surface area contributed by atoms with Crippen molar-refractivity contribution in [3.8, 4) is 0 Å². The van der Waals surface area contributed by atoms with E-state index in [1.54, 1.807) is 34.0 Å². The Morgan fingerprint density at radius 3 is 3.08 bits per heavy atom. The van der Waals surface area contributed by atoms with Crippen LogP contribution in [-0.4, -0.2) is 50.3 Å². The van der Waals surface area contributed by atoms with Crippen LogP contribution in [0.15, 0.2) is 30.6 Å². The number of ether oxygens (including phenoxy) is 1. The van der Waals surface area contributed by atoms with Crippen molar-refractivity contribution in [2.75, 3.05) is 19.7 Å². The number of H-pyrrole nitrogens is 1. The first-order chi connectivity index (χ1) is 11.6. The van der Waals surface area contributed by atoms with E-state index >= 15 is 0 Å². The number of aryl methyl sites for hydroxylation is 1. The number of rotatable bonds is 2. The number of nitrogens with one attached hydrogen (secondary N) is 1. The predicted molar refractivity (Wildman–Crippen MR) is 83.9 cm³/mol. The monoisotopic (exact) mass is 329 g/mol. The number of benzene rings is 1. The van der Waals surface area contributed by atoms with Gasteiger partial charge in [0.1, 0.15) is 23.9 Å². The third kappa shape index (κ3) is 2.44. The molecule has 7 nitrogen and oxygen atoms in total. The van der Waals surface area contributed by atoms with Crippen LogP contribution in [0, 0.1) is 5.82 Å². The molecular formula is C16H16FN5O2. The maximum absolute atomic E-state index is 13.8. The van der Waals surface area contributed by atoms with Crippen molar-refractivity contribution in [2.45, 2.75) is 6.10 Å². The summed E-state index contributed by atoms with van der Waals surface area (Å²) in [4.78, 5) is 17.4. The Balaban J connectivity index is 1.59. The van der Waals surface area contributed by atoms with E-state index in [-0.39, 0.29) is 17.8 Å². The van der Waals surface area contributed by atoms with Crippen molar-refractivity contribution in [2.24, 2.45) is 7.05 Å². The molecule has 1 aliphatic heterocycles. The summed E-state index contributed by atoms with van der Waals surface area (Å²) in [5.41, 5.74) is 0.977. The molecule has 0 saturated carbocycles. The average Bonchev–Trinajstić information content (AvgIpc) is 3.21. The van der Waals surface area contributed by atoms with Gasteiger partial charge in [0, 0.05) is 24.5 Å². The van der Waals surface area contributed by atoms with Gasteiger partial charge in [0.25, 0.3) is 5.91 Å². The van der Waals surface area contributed by atoms with Gasteiger partial charge in [0.05, 0.1) is 13.2 Å². The van der Waals surface area contributed by atoms with Gasteiger partial charge in [-0.3, -0.25) is 4.79 Å². The number of hydrogen-bond acceptors (Lipinski definition) is 4. The molecule has 0 bridgehead atoms. The molecule has 124 valence electrons. The molecule has 8 heteroatoms. The first-order valence-electron chi connectivity index (χ1n) is 7.65. The second-order valence-corrected chi connectivity index (χ2v) is 5.79. The highest BCUT2D eigenvalue weighted by Gasteiger charge is 2.29. The zero-order chi connectivity index (χ0) is 16.7. The molecule has 0 unspecified atom stereocenters. The number of fused-ring (bicyclic) bond motifs is 1. The molecule has 1 aromatic carbocycles. The second-order valence-electron chi connectivity index (χ2n) is 5.79. The van der Waals surface area contributed by atoms with Crippen molar-refractivity contribution in [3.63, 3.8) is 0 Å². The molecule has 24 heavy (non-hydrogen) atoms. The van der Waals surface area contributed by atoms with Crippen molar-refractivity contribution in [3.05, 3.63) is 47.9 Å². The molecule has 0 spiro atoms. The number of carbonyl (C=O) groups is 1. The lowest BCUT2D eigenvalue weighted by Gasteiger charge is -2.32. The number of carbonyl (C=O) groups excluding carboxylic acids is 1. The minimum absolute atomic E-state index is 0.180. The number of aromatic nitrogens is 4. The van der Waals surface area contributed by atoms with E-state index in [4.69, 9.17) is 4.74 Å². The fourth-order valence-electron chi connectivity index (χ4n) is 2.98. The lowest BCUT2D eigenvalue weighted by molar-refractivity contribution is -0.0282. The molecule has 1 N–H and O–H groups in total. The summed E-state index contributed by atoms with van der Waals surface area (Å²) in [6.07, 6.45) is 1.27. The minimum atomic E-state index is -0.346. The molecule has 0 aliphatic carbocycles. The van der Waals surface area contributed by atoms with E-state index in [0.717, 1.165) is 0 Å². The summed E-state index contributed by atoms with van der Waals surface area (Å²) < 4.78 is 21.3. The summed E-state index contributed by atoms with van der Waals surface area (Å²) in [6, 6.07) is 6.29. The molecular weight excluding hydrogens is 313 g/mol. The van der Waals surface area contributed by atoms with Crippen LogP contribution >= 0.6 is 0 Å². The van der Waals surface area contributed by atoms with Crippen molar-refractivity contribution in [1.29, 1.82) is 0 Å². The van der Waals surface area contributed by atoms with E-state index < -0.39 is 0 Å². The highest BCUT2D eigenvalue weighted by atomic mass is 19.1. The quantitative estimate of drug-likeness (QED) is 0.776. The van der Waals surface area contributed by atoms with Gasteiger partial charge >= 0.3 is 0 Å². The van der Waals surface area contributed by atoms with Gasteiger partial charge in [-0.25, -0.2) is 4.39 Å². The summed E-state index contributed by atoms with van der Waals surface area (Å²) in [6.45, 7) is 1.27. The maximum atomic E-state index is 13.8. The zero-order valence-electron chi connectivity index (χ0n) is 13.1. The van der Waals surface area contributed by atoms with Crippen LogP contribution in [0.1, 0.15) is 22.4 Å². The predicted octanol–water partition coefficient (Wildman–Crippen LogP) is 1.65. The highest BCUT2D eigenvalue weighted by Crippen LogP contribution is 2.23. The lowest BCUT2D eigenvalue weighted by Crippen LogP contribution is -2.43. The molecule has 3 heterocycles. The largest absolute Gasteiger partial charge is 0.366 e.